The van der Waals surface area contributed by atoms with Crippen LogP contribution in [0.25, 0.3) is 0 Å². The lowest BCUT2D eigenvalue weighted by atomic mass is 9.79. The number of esters is 2. The molecule has 51 heavy (non-hydrogen) atoms. The minimum Gasteiger partial charge on any atom is -0.462 e. The number of nitro groups is 1. The molecule has 0 aliphatic heterocycles. The summed E-state index contributed by atoms with van der Waals surface area (Å²) in [4.78, 5) is 70.3. The van der Waals surface area contributed by atoms with Crippen molar-refractivity contribution in [3.05, 3.63) is 55.5 Å². The van der Waals surface area contributed by atoms with Gasteiger partial charge in [0.1, 0.15) is 16.8 Å². The van der Waals surface area contributed by atoms with Crippen LogP contribution in [-0.2, 0) is 30.3 Å². The van der Waals surface area contributed by atoms with Gasteiger partial charge in [0.05, 0.1) is 16.9 Å². The van der Waals surface area contributed by atoms with Gasteiger partial charge in [-0.3, -0.25) is 29.3 Å². The van der Waals surface area contributed by atoms with E-state index < -0.39 is 46.9 Å². The molecule has 0 radical (unpaired) electrons. The van der Waals surface area contributed by atoms with Gasteiger partial charge >= 0.3 is 11.9 Å². The second kappa shape index (κ2) is 18.0. The summed E-state index contributed by atoms with van der Waals surface area (Å²) in [6, 6.07) is 3.06. The quantitative estimate of drug-likeness (QED) is 0.125. The molecule has 1 aromatic heterocycles. The zero-order valence-corrected chi connectivity index (χ0v) is 31.4. The van der Waals surface area contributed by atoms with E-state index in [1.807, 2.05) is 34.6 Å². The van der Waals surface area contributed by atoms with Crippen LogP contribution in [0.5, 0.6) is 0 Å². The largest absolute Gasteiger partial charge is 0.462 e. The molecule has 6 atom stereocenters. The Hall–Kier alpha value is -3.91. The lowest BCUT2D eigenvalue weighted by Crippen LogP contribution is -2.52. The van der Waals surface area contributed by atoms with Gasteiger partial charge in [0.25, 0.3) is 11.6 Å². The molecule has 0 saturated heterocycles. The van der Waals surface area contributed by atoms with Crippen molar-refractivity contribution in [3.63, 3.8) is 0 Å². The van der Waals surface area contributed by atoms with Crippen molar-refractivity contribution in [1.29, 1.82) is 0 Å². The average molecular weight is 728 g/mol. The Morgan fingerprint density at radius 3 is 2.45 bits per heavy atom. The zero-order chi connectivity index (χ0) is 37.4. The number of thiazole rings is 1. The highest BCUT2D eigenvalue weighted by Gasteiger charge is 2.37. The number of ether oxygens (including phenoxy) is 2. The number of aromatic nitrogens is 1. The number of benzene rings is 1. The molecule has 1 aromatic carbocycles. The Balaban J connectivity index is 1.53. The number of nitrogens with zero attached hydrogens (tertiary/aromatic N) is 3. The number of hydrogen-bond acceptors (Lipinski definition) is 11. The molecule has 1 saturated carbocycles. The van der Waals surface area contributed by atoms with Gasteiger partial charge in [-0.2, -0.15) is 0 Å². The first-order chi connectivity index (χ1) is 24.2. The molecule has 2 aliphatic rings. The minimum atomic E-state index is -0.806. The Morgan fingerprint density at radius 2 is 1.84 bits per heavy atom. The molecule has 2 aromatic rings. The van der Waals surface area contributed by atoms with Gasteiger partial charge in [0.2, 0.25) is 5.91 Å². The molecule has 2 aliphatic carbocycles. The van der Waals surface area contributed by atoms with Crippen molar-refractivity contribution in [2.45, 2.75) is 136 Å². The van der Waals surface area contributed by atoms with Crippen LogP contribution < -0.4 is 11.1 Å². The Morgan fingerprint density at radius 1 is 1.14 bits per heavy atom. The molecule has 0 spiro atoms. The molecule has 280 valence electrons. The first kappa shape index (κ1) is 39.9. The summed E-state index contributed by atoms with van der Waals surface area (Å²) in [5.41, 5.74) is 7.67. The van der Waals surface area contributed by atoms with Crippen molar-refractivity contribution in [3.8, 4) is 0 Å². The number of carbonyl (C=O) groups excluding carboxylic acids is 4. The molecule has 4 rings (SSSR count). The van der Waals surface area contributed by atoms with Crippen LogP contribution in [0.2, 0.25) is 0 Å². The lowest BCUT2D eigenvalue weighted by Gasteiger charge is -2.37. The number of non-ortho nitro benzene ring substituents is 1. The van der Waals surface area contributed by atoms with E-state index in [-0.39, 0.29) is 54.1 Å². The van der Waals surface area contributed by atoms with Crippen molar-refractivity contribution in [2.75, 3.05) is 6.54 Å². The summed E-state index contributed by atoms with van der Waals surface area (Å²) < 4.78 is 11.6. The molecule has 1 fully saturated rings. The van der Waals surface area contributed by atoms with E-state index in [1.165, 1.54) is 30.4 Å². The zero-order valence-electron chi connectivity index (χ0n) is 30.6. The Labute approximate surface area is 304 Å². The molecule has 0 unspecified atom stereocenters. The fourth-order valence-corrected chi connectivity index (χ4v) is 7.99. The smallest absolute Gasteiger partial charge is 0.313 e. The molecule has 0 bridgehead atoms. The van der Waals surface area contributed by atoms with E-state index in [0.717, 1.165) is 44.1 Å². The van der Waals surface area contributed by atoms with Gasteiger partial charge in [0.15, 0.2) is 6.10 Å². The second-order valence-electron chi connectivity index (χ2n) is 14.3. The van der Waals surface area contributed by atoms with Gasteiger partial charge in [-0.25, -0.2) is 4.98 Å². The van der Waals surface area contributed by atoms with Gasteiger partial charge in [-0.05, 0) is 68.4 Å². The lowest BCUT2D eigenvalue weighted by molar-refractivity contribution is -0.385. The van der Waals surface area contributed by atoms with Crippen LogP contribution in [0.3, 0.4) is 0 Å². The average Bonchev–Trinajstić information content (AvgIpc) is 3.60. The van der Waals surface area contributed by atoms with Crippen LogP contribution in [0, 0.1) is 22.0 Å². The monoisotopic (exact) mass is 727 g/mol. The summed E-state index contributed by atoms with van der Waals surface area (Å²) in [6.45, 7) is 11.6. The molecule has 1 heterocycles. The number of likely N-dealkylation sites (N-methyl/N-ethyl adjacent to an activating group) is 1. The van der Waals surface area contributed by atoms with Crippen LogP contribution >= 0.6 is 11.3 Å². The maximum Gasteiger partial charge on any atom is 0.313 e. The first-order valence-electron chi connectivity index (χ1n) is 18.2. The molecule has 3 N–H and O–H groups in total. The van der Waals surface area contributed by atoms with E-state index >= 15 is 0 Å². The van der Waals surface area contributed by atoms with Gasteiger partial charge in [-0.15, -0.1) is 11.3 Å². The molecular formula is C37H53N5O8S. The van der Waals surface area contributed by atoms with Gasteiger partial charge < -0.3 is 25.4 Å². The highest BCUT2D eigenvalue weighted by molar-refractivity contribution is 7.09. The van der Waals surface area contributed by atoms with Gasteiger partial charge in [0, 0.05) is 49.5 Å². The third-order valence-corrected chi connectivity index (χ3v) is 11.2. The number of rotatable bonds is 15. The van der Waals surface area contributed by atoms with E-state index in [0.29, 0.717) is 23.5 Å². The maximum atomic E-state index is 13.6. The number of fused-ring (bicyclic) bond motifs is 1. The van der Waals surface area contributed by atoms with E-state index in [2.05, 4.69) is 10.3 Å². The summed E-state index contributed by atoms with van der Waals surface area (Å²) in [6.07, 6.45) is 5.28. The predicted octanol–water partition coefficient (Wildman–Crippen LogP) is 6.00. The fourth-order valence-electron chi connectivity index (χ4n) is 7.15. The number of nitro benzene ring substituents is 1. The first-order valence-corrected chi connectivity index (χ1v) is 19.1. The Bertz CT molecular complexity index is 1560. The van der Waals surface area contributed by atoms with Crippen molar-refractivity contribution in [1.82, 2.24) is 15.2 Å². The standard InChI is InChI=1S/C37H53N5O8S/c1-7-22(5)33(38)36(45)41(8-2)31(21(3)4)19-32(49-23(6)43)35-40-30(20-51-35)34(44)39-25-16-24-14-15-26(42(47)48)18-28(24)29(17-25)37(46)50-27-12-10-9-11-13-27/h14-15,18,20-22,25,27,29,31-33H,7-13,16-17,19,38H2,1-6H3,(H,39,44)/t22-,25-,29+,31+,32+,33-/m0/s1. The Kier molecular flexibility index (Phi) is 14.1. The van der Waals surface area contributed by atoms with E-state index in [1.54, 1.807) is 16.3 Å². The third-order valence-electron chi connectivity index (χ3n) is 10.3. The molecular weight excluding hydrogens is 675 g/mol. The SMILES string of the molecule is CC[C@H](C)[C@H](N)C(=O)N(CC)[C@H](C[C@@H](OC(C)=O)c1nc(C(=O)N[C@H]2Cc3ccc([N+](=O)[O-])cc3[C@H](C(=O)OC3CCCCC3)C2)cs1)C(C)C. The number of nitrogens with one attached hydrogen (secondary N) is 1. The third kappa shape index (κ3) is 10.1. The van der Waals surface area contributed by atoms with Gasteiger partial charge in [-0.1, -0.05) is 46.6 Å². The number of hydrogen-bond donors (Lipinski definition) is 2. The van der Waals surface area contributed by atoms with Crippen LogP contribution in [0.15, 0.2) is 23.6 Å². The molecule has 2 amide bonds. The molecule has 13 nitrogen and oxygen atoms in total. The second-order valence-corrected chi connectivity index (χ2v) is 15.1. The van der Waals surface area contributed by atoms with Crippen LogP contribution in [0.1, 0.15) is 132 Å². The van der Waals surface area contributed by atoms with Crippen LogP contribution in [0.4, 0.5) is 5.69 Å². The topological polar surface area (TPSA) is 184 Å². The maximum absolute atomic E-state index is 13.6. The minimum absolute atomic E-state index is 0.00219. The normalized spacial score (nSPS) is 20.0. The number of amides is 2. The predicted molar refractivity (Wildman–Crippen MR) is 193 cm³/mol. The highest BCUT2D eigenvalue weighted by atomic mass is 32.1. The summed E-state index contributed by atoms with van der Waals surface area (Å²) in [5, 5.41) is 16.6. The van der Waals surface area contributed by atoms with E-state index in [9.17, 15) is 29.3 Å². The van der Waals surface area contributed by atoms with Crippen molar-refractivity contribution in [2.24, 2.45) is 17.6 Å². The van der Waals surface area contributed by atoms with Crippen molar-refractivity contribution < 1.29 is 33.6 Å². The van der Waals surface area contributed by atoms with E-state index in [4.69, 9.17) is 15.2 Å². The summed E-state index contributed by atoms with van der Waals surface area (Å²) in [5.74, 6) is -2.33. The summed E-state index contributed by atoms with van der Waals surface area (Å²) in [7, 11) is 0. The fraction of sp³-hybridized carbons (Fsp3) is 0.649. The molecule has 14 heteroatoms. The summed E-state index contributed by atoms with van der Waals surface area (Å²) >= 11 is 1.19. The van der Waals surface area contributed by atoms with Crippen LogP contribution in [-0.4, -0.2) is 69.3 Å². The number of nitrogens with two attached hydrogens (primary N) is 1. The number of carbonyl (C=O) groups is 4. The van der Waals surface area contributed by atoms with Crippen molar-refractivity contribution >= 4 is 40.8 Å². The highest BCUT2D eigenvalue weighted by Crippen LogP contribution is 2.37.